The number of fused-ring (bicyclic) bond motifs is 4. The average Bonchev–Trinajstić information content (AvgIpc) is 3.91. The van der Waals surface area contributed by atoms with E-state index in [2.05, 4.69) is 69.5 Å². The standard InChI is InChI=1S/C53H45N5O6S/c1-5-6-11-26-62-51(60)37-18-16-35(17-19-37)36-20-23-43(24-21-36)63-52(61)49-41(31-54-57-34(4)38-22-25-46-40(27-38)28-39-12-7-8-13-45(39)46)29-44(64-50(59)33(2)3)30-42(49)32-55-58-53-56-47-14-9-10-15-48(47)65-53/h7-10,12-25,27,29-32H,2,5-6,11,26,28H2,1,3-4H3,(H,56,58)/b54-31+,55-32+,57-34+. The number of ether oxygens (including phenoxy) is 3. The van der Waals surface area contributed by atoms with Crippen LogP contribution in [-0.4, -0.2) is 47.6 Å². The Morgan fingerprint density at radius 2 is 1.43 bits per heavy atom. The Balaban J connectivity index is 1.09. The van der Waals surface area contributed by atoms with Crippen molar-refractivity contribution in [2.24, 2.45) is 15.3 Å². The van der Waals surface area contributed by atoms with E-state index >= 15 is 0 Å². The highest BCUT2D eigenvalue weighted by atomic mass is 32.1. The van der Waals surface area contributed by atoms with Gasteiger partial charge in [-0.2, -0.15) is 15.3 Å². The Hall–Kier alpha value is -7.83. The van der Waals surface area contributed by atoms with E-state index in [1.807, 2.05) is 67.6 Å². The molecule has 0 spiro atoms. The number of nitrogens with one attached hydrogen (secondary N) is 1. The van der Waals surface area contributed by atoms with Crippen LogP contribution in [0, 0.1) is 0 Å². The van der Waals surface area contributed by atoms with E-state index in [0.29, 0.717) is 23.0 Å². The summed E-state index contributed by atoms with van der Waals surface area (Å²) in [5, 5.41) is 13.9. The molecule has 0 saturated carbocycles. The summed E-state index contributed by atoms with van der Waals surface area (Å²) in [4.78, 5) is 44.2. The quantitative estimate of drug-likeness (QED) is 0.0253. The summed E-state index contributed by atoms with van der Waals surface area (Å²) in [5.74, 6) is -1.33. The molecule has 1 aliphatic rings. The molecule has 65 heavy (non-hydrogen) atoms. The lowest BCUT2D eigenvalue weighted by Gasteiger charge is -2.13. The fourth-order valence-electron chi connectivity index (χ4n) is 7.31. The molecule has 11 nitrogen and oxygen atoms in total. The number of esters is 3. The van der Waals surface area contributed by atoms with E-state index in [1.165, 1.54) is 58.2 Å². The molecule has 1 aromatic heterocycles. The first-order valence-corrected chi connectivity index (χ1v) is 22.0. The first-order chi connectivity index (χ1) is 31.6. The second-order valence-corrected chi connectivity index (χ2v) is 16.5. The van der Waals surface area contributed by atoms with Crippen molar-refractivity contribution in [3.8, 4) is 33.8 Å². The third-order valence-electron chi connectivity index (χ3n) is 10.7. The van der Waals surface area contributed by atoms with Crippen LogP contribution >= 0.6 is 11.3 Å². The van der Waals surface area contributed by atoms with E-state index in [9.17, 15) is 14.4 Å². The van der Waals surface area contributed by atoms with E-state index in [4.69, 9.17) is 14.2 Å². The highest BCUT2D eigenvalue weighted by Gasteiger charge is 2.22. The smallest absolute Gasteiger partial charge is 0.344 e. The molecule has 324 valence electrons. The first-order valence-electron chi connectivity index (χ1n) is 21.2. The van der Waals surface area contributed by atoms with Gasteiger partial charge in [0, 0.05) is 16.7 Å². The summed E-state index contributed by atoms with van der Waals surface area (Å²) in [6.45, 7) is 9.62. The number of nitrogens with zero attached hydrogens (tertiary/aromatic N) is 4. The Morgan fingerprint density at radius 3 is 2.18 bits per heavy atom. The minimum atomic E-state index is -0.723. The number of hydrogen-bond acceptors (Lipinski definition) is 12. The van der Waals surface area contributed by atoms with Crippen LogP contribution in [0.25, 0.3) is 32.5 Å². The molecule has 1 heterocycles. The summed E-state index contributed by atoms with van der Waals surface area (Å²) in [6.07, 6.45) is 6.58. The lowest BCUT2D eigenvalue weighted by atomic mass is 10.0. The topological polar surface area (TPSA) is 141 Å². The summed E-state index contributed by atoms with van der Waals surface area (Å²) in [7, 11) is 0. The van der Waals surface area contributed by atoms with E-state index < -0.39 is 11.9 Å². The van der Waals surface area contributed by atoms with Crippen LogP contribution in [-0.2, 0) is 16.0 Å². The van der Waals surface area contributed by atoms with Crippen LogP contribution in [0.4, 0.5) is 5.13 Å². The van der Waals surface area contributed by atoms with Gasteiger partial charge in [-0.3, -0.25) is 5.43 Å². The minimum Gasteiger partial charge on any atom is -0.462 e. The first kappa shape index (κ1) is 43.8. The van der Waals surface area contributed by atoms with Crippen LogP contribution in [0.15, 0.2) is 155 Å². The maximum absolute atomic E-state index is 14.4. The van der Waals surface area contributed by atoms with E-state index in [1.54, 1.807) is 31.2 Å². The number of hydrogen-bond donors (Lipinski definition) is 1. The highest BCUT2D eigenvalue weighted by Crippen LogP contribution is 2.37. The van der Waals surface area contributed by atoms with Crippen LogP contribution in [0.2, 0.25) is 0 Å². The lowest BCUT2D eigenvalue weighted by molar-refractivity contribution is -0.130. The monoisotopic (exact) mass is 879 g/mol. The van der Waals surface area contributed by atoms with Gasteiger partial charge >= 0.3 is 17.9 Å². The molecule has 1 aliphatic carbocycles. The minimum absolute atomic E-state index is 0.0862. The van der Waals surface area contributed by atoms with Crippen molar-refractivity contribution >= 4 is 62.7 Å². The molecule has 6 aromatic carbocycles. The van der Waals surface area contributed by atoms with Crippen molar-refractivity contribution in [1.82, 2.24) is 4.98 Å². The number of rotatable bonds is 16. The van der Waals surface area contributed by atoms with Gasteiger partial charge in [0.05, 0.1) is 46.1 Å². The van der Waals surface area contributed by atoms with Crippen molar-refractivity contribution in [3.05, 3.63) is 178 Å². The number of hydrazone groups is 1. The molecule has 0 saturated heterocycles. The molecule has 0 fully saturated rings. The normalized spacial score (nSPS) is 12.0. The Morgan fingerprint density at radius 1 is 0.738 bits per heavy atom. The fraction of sp³-hybridized carbons (Fsp3) is 0.151. The number of benzene rings is 6. The predicted octanol–water partition coefficient (Wildman–Crippen LogP) is 11.9. The maximum Gasteiger partial charge on any atom is 0.344 e. The number of para-hydroxylation sites is 1. The van der Waals surface area contributed by atoms with Crippen molar-refractivity contribution in [2.45, 2.75) is 46.5 Å². The third-order valence-corrected chi connectivity index (χ3v) is 11.7. The summed E-state index contributed by atoms with van der Waals surface area (Å²) >= 11 is 1.42. The number of carbonyl (C=O) groups is 3. The number of carbonyl (C=O) groups excluding carboxylic acids is 3. The van der Waals surface area contributed by atoms with Crippen LogP contribution in [0.5, 0.6) is 11.5 Å². The highest BCUT2D eigenvalue weighted by molar-refractivity contribution is 7.22. The largest absolute Gasteiger partial charge is 0.462 e. The summed E-state index contributed by atoms with van der Waals surface area (Å²) in [6, 6.07) is 39.6. The van der Waals surface area contributed by atoms with Crippen LogP contribution < -0.4 is 14.9 Å². The van der Waals surface area contributed by atoms with Gasteiger partial charge < -0.3 is 14.2 Å². The van der Waals surface area contributed by atoms with Gasteiger partial charge in [-0.25, -0.2) is 19.4 Å². The van der Waals surface area contributed by atoms with Gasteiger partial charge in [0.25, 0.3) is 0 Å². The van der Waals surface area contributed by atoms with Crippen LogP contribution in [0.3, 0.4) is 0 Å². The average molecular weight is 880 g/mol. The molecule has 8 rings (SSSR count). The van der Waals surface area contributed by atoms with Gasteiger partial charge in [0.1, 0.15) is 11.5 Å². The van der Waals surface area contributed by atoms with E-state index in [-0.39, 0.29) is 39.7 Å². The molecule has 0 aliphatic heterocycles. The Labute approximate surface area is 380 Å². The van der Waals surface area contributed by atoms with Crippen LogP contribution in [0.1, 0.15) is 88.6 Å². The SMILES string of the molecule is C=C(C)C(=O)Oc1cc(/C=N/N=C(\C)c2ccc3c(c2)Cc2ccccc2-3)c(C(=O)Oc2ccc(-c3ccc(C(=O)OCCCCC)cc3)cc2)c(/C=N/Nc2nc3ccccc3s2)c1. The Bertz CT molecular complexity index is 2990. The Kier molecular flexibility index (Phi) is 13.6. The van der Waals surface area contributed by atoms with Crippen molar-refractivity contribution < 1.29 is 28.6 Å². The van der Waals surface area contributed by atoms with Gasteiger partial charge in [0.2, 0.25) is 5.13 Å². The molecular weight excluding hydrogens is 835 g/mol. The number of aromatic nitrogens is 1. The zero-order valence-electron chi connectivity index (χ0n) is 36.2. The second kappa shape index (κ2) is 20.1. The van der Waals surface area contributed by atoms with Crippen molar-refractivity contribution in [2.75, 3.05) is 12.0 Å². The van der Waals surface area contributed by atoms with Gasteiger partial charge in [-0.05, 0) is 120 Å². The number of anilines is 1. The van der Waals surface area contributed by atoms with Crippen molar-refractivity contribution in [3.63, 3.8) is 0 Å². The molecular formula is C53H45N5O6S. The van der Waals surface area contributed by atoms with Crippen molar-refractivity contribution in [1.29, 1.82) is 0 Å². The molecule has 0 atom stereocenters. The number of thiazole rings is 1. The van der Waals surface area contributed by atoms with Gasteiger partial charge in [-0.15, -0.1) is 0 Å². The molecule has 12 heteroatoms. The zero-order chi connectivity index (χ0) is 45.3. The van der Waals surface area contributed by atoms with E-state index in [0.717, 1.165) is 52.6 Å². The second-order valence-electron chi connectivity index (χ2n) is 15.5. The maximum atomic E-state index is 14.4. The molecule has 0 radical (unpaired) electrons. The molecule has 0 bridgehead atoms. The predicted molar refractivity (Wildman–Crippen MR) is 259 cm³/mol. The number of unbranched alkanes of at least 4 members (excludes halogenated alkanes) is 2. The summed E-state index contributed by atoms with van der Waals surface area (Å²) < 4.78 is 18.0. The molecule has 7 aromatic rings. The fourth-order valence-corrected chi connectivity index (χ4v) is 8.12. The molecule has 0 unspecified atom stereocenters. The molecule has 0 amide bonds. The summed E-state index contributed by atoms with van der Waals surface area (Å²) in [5.41, 5.74) is 13.3. The van der Waals surface area contributed by atoms with Gasteiger partial charge in [-0.1, -0.05) is 110 Å². The van der Waals surface area contributed by atoms with Gasteiger partial charge in [0.15, 0.2) is 0 Å². The molecule has 1 N–H and O–H groups in total. The zero-order valence-corrected chi connectivity index (χ0v) is 37.0. The third kappa shape index (κ3) is 10.5. The lowest BCUT2D eigenvalue weighted by Crippen LogP contribution is -2.16.